The molecular formula is C17H16Cl3NO4. The minimum atomic E-state index is -1.53. The highest BCUT2D eigenvalue weighted by molar-refractivity contribution is 6.48. The maximum Gasteiger partial charge on any atom is 0.254 e. The number of nitrogens with one attached hydrogen (secondary N) is 1. The molecule has 1 amide bonds. The molecule has 0 saturated carbocycles. The van der Waals surface area contributed by atoms with Gasteiger partial charge in [0, 0.05) is 23.8 Å². The normalized spacial score (nSPS) is 20.8. The molecule has 1 aromatic carbocycles. The van der Waals surface area contributed by atoms with Crippen LogP contribution in [0.25, 0.3) is 0 Å². The van der Waals surface area contributed by atoms with Crippen molar-refractivity contribution in [3.63, 3.8) is 0 Å². The van der Waals surface area contributed by atoms with Crippen molar-refractivity contribution in [2.75, 3.05) is 14.2 Å². The highest BCUT2D eigenvalue weighted by Gasteiger charge is 2.45. The summed E-state index contributed by atoms with van der Waals surface area (Å²) >= 11 is 18.5. The molecule has 1 aliphatic rings. The van der Waals surface area contributed by atoms with Gasteiger partial charge in [0.1, 0.15) is 5.75 Å². The zero-order valence-corrected chi connectivity index (χ0v) is 16.3. The molecule has 0 saturated heterocycles. The van der Waals surface area contributed by atoms with E-state index in [0.717, 1.165) is 0 Å². The first-order valence-corrected chi connectivity index (χ1v) is 8.32. The number of hydrogen-bond donors (Lipinski definition) is 1. The Labute approximate surface area is 160 Å². The maximum absolute atomic E-state index is 12.7. The Bertz CT molecular complexity index is 786. The van der Waals surface area contributed by atoms with Gasteiger partial charge in [-0.3, -0.25) is 9.59 Å². The van der Waals surface area contributed by atoms with E-state index in [1.165, 1.54) is 27.2 Å². The zero-order valence-electron chi connectivity index (χ0n) is 14.0. The van der Waals surface area contributed by atoms with Crippen molar-refractivity contribution in [3.05, 3.63) is 50.0 Å². The van der Waals surface area contributed by atoms with Gasteiger partial charge in [-0.25, -0.2) is 0 Å². The van der Waals surface area contributed by atoms with Crippen LogP contribution in [0, 0.1) is 0 Å². The number of carbonyl (C=O) groups excluding carboxylic acids is 2. The second-order valence-electron chi connectivity index (χ2n) is 5.40. The fraction of sp³-hybridized carbons (Fsp3) is 0.294. The molecule has 0 fully saturated rings. The van der Waals surface area contributed by atoms with Gasteiger partial charge in [-0.05, 0) is 32.0 Å². The summed E-state index contributed by atoms with van der Waals surface area (Å²) in [6, 6.07) is 4.57. The highest BCUT2D eigenvalue weighted by Crippen LogP contribution is 2.40. The van der Waals surface area contributed by atoms with Gasteiger partial charge in [0.05, 0.1) is 22.2 Å². The quantitative estimate of drug-likeness (QED) is 0.770. The first-order valence-electron chi connectivity index (χ1n) is 7.19. The summed E-state index contributed by atoms with van der Waals surface area (Å²) in [5.74, 6) is -0.468. The molecule has 1 aromatic rings. The lowest BCUT2D eigenvalue weighted by Crippen LogP contribution is -2.53. The first-order chi connectivity index (χ1) is 11.7. The van der Waals surface area contributed by atoms with Gasteiger partial charge in [0.2, 0.25) is 11.5 Å². The number of hydrogen-bond acceptors (Lipinski definition) is 4. The van der Waals surface area contributed by atoms with E-state index in [1.807, 2.05) is 0 Å². The summed E-state index contributed by atoms with van der Waals surface area (Å²) in [6.45, 7) is 3.09. The molecule has 0 bridgehead atoms. The Morgan fingerprint density at radius 2 is 1.80 bits per heavy atom. The lowest BCUT2D eigenvalue weighted by atomic mass is 9.91. The van der Waals surface area contributed by atoms with Crippen molar-refractivity contribution in [1.82, 2.24) is 5.32 Å². The van der Waals surface area contributed by atoms with E-state index in [0.29, 0.717) is 11.3 Å². The Balaban J connectivity index is 2.46. The van der Waals surface area contributed by atoms with E-state index in [-0.39, 0.29) is 26.2 Å². The second-order valence-corrected chi connectivity index (χ2v) is 6.56. The average molecular weight is 405 g/mol. The number of rotatable bonds is 4. The van der Waals surface area contributed by atoms with Crippen LogP contribution in [0.4, 0.5) is 0 Å². The molecule has 1 N–H and O–H groups in total. The molecule has 8 heteroatoms. The molecule has 1 unspecified atom stereocenters. The van der Waals surface area contributed by atoms with Gasteiger partial charge in [0.15, 0.2) is 0 Å². The number of ketones is 1. The van der Waals surface area contributed by atoms with Crippen LogP contribution < -0.4 is 10.1 Å². The van der Waals surface area contributed by atoms with Gasteiger partial charge in [-0.2, -0.15) is 0 Å². The highest BCUT2D eigenvalue weighted by atomic mass is 35.5. The van der Waals surface area contributed by atoms with Crippen molar-refractivity contribution >= 4 is 46.5 Å². The third-order valence-electron chi connectivity index (χ3n) is 4.05. The van der Waals surface area contributed by atoms with Crippen LogP contribution in [0.3, 0.4) is 0 Å². The molecule has 0 aromatic heterocycles. The van der Waals surface area contributed by atoms with Crippen molar-refractivity contribution in [2.24, 2.45) is 0 Å². The van der Waals surface area contributed by atoms with Crippen LogP contribution in [0.2, 0.25) is 5.02 Å². The monoisotopic (exact) mass is 403 g/mol. The fourth-order valence-electron chi connectivity index (χ4n) is 2.50. The summed E-state index contributed by atoms with van der Waals surface area (Å²) in [4.78, 5) is 24.8. The summed E-state index contributed by atoms with van der Waals surface area (Å²) < 4.78 is 10.6. The Morgan fingerprint density at radius 3 is 2.32 bits per heavy atom. The minimum Gasteiger partial charge on any atom is -0.495 e. The number of amides is 1. The molecule has 2 rings (SSSR count). The number of benzene rings is 1. The topological polar surface area (TPSA) is 64.6 Å². The molecule has 0 heterocycles. The lowest BCUT2D eigenvalue weighted by molar-refractivity contribution is -0.112. The van der Waals surface area contributed by atoms with E-state index < -0.39 is 17.4 Å². The van der Waals surface area contributed by atoms with E-state index in [4.69, 9.17) is 44.3 Å². The van der Waals surface area contributed by atoms with Crippen LogP contribution in [0.15, 0.2) is 39.4 Å². The molecule has 1 aliphatic carbocycles. The average Bonchev–Trinajstić information content (AvgIpc) is 2.61. The second kappa shape index (κ2) is 7.38. The Morgan fingerprint density at radius 1 is 1.16 bits per heavy atom. The van der Waals surface area contributed by atoms with Crippen molar-refractivity contribution in [3.8, 4) is 5.75 Å². The smallest absolute Gasteiger partial charge is 0.254 e. The van der Waals surface area contributed by atoms with E-state index in [1.54, 1.807) is 19.1 Å². The molecular weight excluding hydrogens is 389 g/mol. The minimum absolute atomic E-state index is 0.0446. The third-order valence-corrected chi connectivity index (χ3v) is 5.35. The predicted octanol–water partition coefficient (Wildman–Crippen LogP) is 4.03. The number of carbonyl (C=O) groups is 2. The Hall–Kier alpha value is -1.53. The number of halogens is 3. The predicted molar refractivity (Wildman–Crippen MR) is 97.3 cm³/mol. The summed E-state index contributed by atoms with van der Waals surface area (Å²) in [5, 5.41) is 2.99. The SMILES string of the molecule is COc1ccc(C(=O)NC2(OC)C(C)=C(Cl)C(=O)C(C)=C2Cl)cc1Cl. The molecule has 5 nitrogen and oxygen atoms in total. The zero-order chi connectivity index (χ0) is 18.9. The number of allylic oxidation sites excluding steroid dienone is 2. The third kappa shape index (κ3) is 3.29. The molecule has 25 heavy (non-hydrogen) atoms. The summed E-state index contributed by atoms with van der Waals surface area (Å²) in [5.41, 5.74) is -0.761. The van der Waals surface area contributed by atoms with Crippen LogP contribution in [-0.4, -0.2) is 31.6 Å². The number of methoxy groups -OCH3 is 2. The molecule has 0 spiro atoms. The van der Waals surface area contributed by atoms with Crippen LogP contribution >= 0.6 is 34.8 Å². The fourth-order valence-corrected chi connectivity index (χ4v) is 3.38. The maximum atomic E-state index is 12.7. The summed E-state index contributed by atoms with van der Waals surface area (Å²) in [6.07, 6.45) is 0. The van der Waals surface area contributed by atoms with Gasteiger partial charge in [0.25, 0.3) is 5.91 Å². The van der Waals surface area contributed by atoms with Gasteiger partial charge in [-0.1, -0.05) is 34.8 Å². The van der Waals surface area contributed by atoms with Crippen molar-refractivity contribution < 1.29 is 19.1 Å². The van der Waals surface area contributed by atoms with Crippen LogP contribution in [0.5, 0.6) is 5.75 Å². The van der Waals surface area contributed by atoms with Crippen molar-refractivity contribution in [2.45, 2.75) is 19.6 Å². The lowest BCUT2D eigenvalue weighted by Gasteiger charge is -2.37. The largest absolute Gasteiger partial charge is 0.495 e. The van der Waals surface area contributed by atoms with Crippen LogP contribution in [0.1, 0.15) is 24.2 Å². The van der Waals surface area contributed by atoms with E-state index in [9.17, 15) is 9.59 Å². The standard InChI is InChI=1S/C17H16Cl3NO4/c1-8-14(22)13(19)9(2)17(25-4,15(8)20)21-16(23)10-5-6-12(24-3)11(18)7-10/h5-7H,1-4H3,(H,21,23). The Kier molecular flexibility index (Phi) is 5.84. The number of Topliss-reactive ketones (excluding diaryl/α,β-unsaturated/α-hetero) is 1. The molecule has 0 radical (unpaired) electrons. The van der Waals surface area contributed by atoms with Gasteiger partial charge >= 0.3 is 0 Å². The molecule has 134 valence electrons. The summed E-state index contributed by atoms with van der Waals surface area (Å²) in [7, 11) is 2.84. The number of ether oxygens (including phenoxy) is 2. The van der Waals surface area contributed by atoms with E-state index >= 15 is 0 Å². The van der Waals surface area contributed by atoms with Crippen LogP contribution in [-0.2, 0) is 9.53 Å². The van der Waals surface area contributed by atoms with Gasteiger partial charge < -0.3 is 14.8 Å². The first kappa shape index (κ1) is 19.8. The van der Waals surface area contributed by atoms with Crippen molar-refractivity contribution in [1.29, 1.82) is 0 Å². The molecule has 0 aliphatic heterocycles. The van der Waals surface area contributed by atoms with Gasteiger partial charge in [-0.15, -0.1) is 0 Å². The molecule has 1 atom stereocenters. The van der Waals surface area contributed by atoms with E-state index in [2.05, 4.69) is 5.32 Å².